The van der Waals surface area contributed by atoms with Crippen molar-refractivity contribution in [2.75, 3.05) is 6.54 Å². The number of aromatic amines is 1. The van der Waals surface area contributed by atoms with Gasteiger partial charge in [-0.3, -0.25) is 4.79 Å². The molecule has 0 aliphatic carbocycles. The summed E-state index contributed by atoms with van der Waals surface area (Å²) in [6.45, 7) is 0.502. The Morgan fingerprint density at radius 3 is 2.97 bits per heavy atom. The highest BCUT2D eigenvalue weighted by atomic mass is 19.4. The second kappa shape index (κ2) is 8.51. The van der Waals surface area contributed by atoms with Crippen LogP contribution in [0.2, 0.25) is 0 Å². The number of nitrogens with two attached hydrogens (primary N) is 1. The largest absolute Gasteiger partial charge is 0.438 e. The lowest BCUT2D eigenvalue weighted by atomic mass is 10.0. The third kappa shape index (κ3) is 4.24. The molecular formula is C22H20F3N5O2. The molecule has 10 heteroatoms. The molecule has 2 atom stereocenters. The number of ether oxygens (including phenoxy) is 1. The number of nitrogens with zero attached hydrogens (tertiary/aromatic N) is 3. The summed E-state index contributed by atoms with van der Waals surface area (Å²) in [5, 5.41) is 9.88. The molecule has 0 saturated carbocycles. The average Bonchev–Trinajstić information content (AvgIpc) is 3.40. The number of benzene rings is 1. The number of amides is 1. The van der Waals surface area contributed by atoms with Crippen molar-refractivity contribution in [3.05, 3.63) is 53.9 Å². The topological polar surface area (TPSA) is 108 Å². The summed E-state index contributed by atoms with van der Waals surface area (Å²) >= 11 is 0. The molecule has 4 rings (SSSR count). The molecule has 1 saturated heterocycles. The summed E-state index contributed by atoms with van der Waals surface area (Å²) in [5.74, 6) is -0.662. The van der Waals surface area contributed by atoms with Crippen LogP contribution in [-0.4, -0.2) is 39.4 Å². The number of carbonyl (C=O) groups excluding carboxylic acids is 1. The number of nitrogens with one attached hydrogen (secondary N) is 1. The molecule has 1 aliphatic rings. The lowest BCUT2D eigenvalue weighted by Crippen LogP contribution is -2.46. The molecule has 1 aromatic carbocycles. The van der Waals surface area contributed by atoms with Crippen molar-refractivity contribution in [2.45, 2.75) is 37.5 Å². The summed E-state index contributed by atoms with van der Waals surface area (Å²) in [7, 11) is 0. The lowest BCUT2D eigenvalue weighted by molar-refractivity contribution is -0.139. The molecule has 3 aromatic rings. The number of aromatic nitrogens is 2. The van der Waals surface area contributed by atoms with Crippen LogP contribution in [0, 0.1) is 11.3 Å². The van der Waals surface area contributed by atoms with Crippen LogP contribution in [0.15, 0.2) is 42.7 Å². The van der Waals surface area contributed by atoms with Gasteiger partial charge in [-0.2, -0.15) is 18.4 Å². The maximum Gasteiger partial charge on any atom is 0.421 e. The quantitative estimate of drug-likeness (QED) is 0.624. The van der Waals surface area contributed by atoms with Gasteiger partial charge in [-0.25, -0.2) is 4.98 Å². The lowest BCUT2D eigenvalue weighted by Gasteiger charge is -2.23. The first-order valence-corrected chi connectivity index (χ1v) is 10.0. The molecule has 0 radical (unpaired) electrons. The van der Waals surface area contributed by atoms with Crippen molar-refractivity contribution < 1.29 is 22.7 Å². The molecule has 2 aromatic heterocycles. The summed E-state index contributed by atoms with van der Waals surface area (Å²) in [4.78, 5) is 21.0. The van der Waals surface area contributed by atoms with E-state index >= 15 is 0 Å². The van der Waals surface area contributed by atoms with E-state index in [0.29, 0.717) is 18.4 Å². The Morgan fingerprint density at radius 1 is 1.41 bits per heavy atom. The van der Waals surface area contributed by atoms with E-state index < -0.39 is 29.7 Å². The Bertz CT molecular complexity index is 1180. The van der Waals surface area contributed by atoms with E-state index in [-0.39, 0.29) is 18.1 Å². The normalized spacial score (nSPS) is 17.3. The molecule has 0 spiro atoms. The molecule has 32 heavy (non-hydrogen) atoms. The van der Waals surface area contributed by atoms with E-state index in [2.05, 4.69) is 16.0 Å². The molecule has 1 amide bonds. The van der Waals surface area contributed by atoms with Crippen LogP contribution < -0.4 is 10.5 Å². The van der Waals surface area contributed by atoms with Crippen molar-refractivity contribution in [2.24, 2.45) is 5.73 Å². The molecule has 0 bridgehead atoms. The fourth-order valence-corrected chi connectivity index (χ4v) is 3.89. The van der Waals surface area contributed by atoms with Gasteiger partial charge in [0.25, 0.3) is 0 Å². The molecule has 1 aliphatic heterocycles. The molecule has 166 valence electrons. The monoisotopic (exact) mass is 443 g/mol. The highest BCUT2D eigenvalue weighted by Crippen LogP contribution is 2.37. The highest BCUT2D eigenvalue weighted by Gasteiger charge is 2.35. The van der Waals surface area contributed by atoms with Gasteiger partial charge in [0.15, 0.2) is 0 Å². The van der Waals surface area contributed by atoms with E-state index in [0.717, 1.165) is 23.6 Å². The summed E-state index contributed by atoms with van der Waals surface area (Å²) in [6.07, 6.45) is -0.0725. The number of rotatable bonds is 5. The van der Waals surface area contributed by atoms with Gasteiger partial charge in [0, 0.05) is 29.8 Å². The van der Waals surface area contributed by atoms with E-state index in [1.165, 1.54) is 23.2 Å². The molecular weight excluding hydrogens is 423 g/mol. The Hall–Kier alpha value is -3.58. The average molecular weight is 443 g/mol. The van der Waals surface area contributed by atoms with Crippen molar-refractivity contribution in [1.29, 1.82) is 5.26 Å². The number of likely N-dealkylation sites (tertiary alicyclic amines) is 1. The molecule has 7 nitrogen and oxygen atoms in total. The zero-order valence-corrected chi connectivity index (χ0v) is 16.9. The van der Waals surface area contributed by atoms with E-state index in [1.54, 1.807) is 18.3 Å². The standard InChI is InChI=1S/C22H20F3N5O2/c23-22(24,25)17-4-1-7-28-20(17)32-15-5-6-19-16(10-15)13(12-29-19)9-18(27)21(31)30-8-2-3-14(30)11-26/h1,4-7,10,12,14,18,29H,2-3,8-9,27H2. The maximum atomic E-state index is 13.2. The minimum absolute atomic E-state index is 0.173. The minimum atomic E-state index is -4.60. The van der Waals surface area contributed by atoms with Crippen molar-refractivity contribution in [1.82, 2.24) is 14.9 Å². The summed E-state index contributed by atoms with van der Waals surface area (Å²) in [6, 6.07) is 7.70. The fraction of sp³-hybridized carbons (Fsp3) is 0.318. The number of fused-ring (bicyclic) bond motifs is 1. The van der Waals surface area contributed by atoms with Crippen LogP contribution in [0.3, 0.4) is 0 Å². The molecule has 3 N–H and O–H groups in total. The third-order valence-corrected chi connectivity index (χ3v) is 5.47. The van der Waals surface area contributed by atoms with Gasteiger partial charge in [-0.1, -0.05) is 0 Å². The van der Waals surface area contributed by atoms with Crippen molar-refractivity contribution in [3.63, 3.8) is 0 Å². The van der Waals surface area contributed by atoms with Crippen molar-refractivity contribution in [3.8, 4) is 17.7 Å². The number of H-pyrrole nitrogens is 1. The van der Waals surface area contributed by atoms with Crippen LogP contribution in [0.1, 0.15) is 24.0 Å². The summed E-state index contributed by atoms with van der Waals surface area (Å²) in [5.41, 5.74) is 6.61. The van der Waals surface area contributed by atoms with Gasteiger partial charge in [-0.15, -0.1) is 0 Å². The van der Waals surface area contributed by atoms with Gasteiger partial charge in [0.2, 0.25) is 11.8 Å². The van der Waals surface area contributed by atoms with Crippen LogP contribution in [0.5, 0.6) is 11.6 Å². The van der Waals surface area contributed by atoms with Gasteiger partial charge in [0.1, 0.15) is 17.4 Å². The summed E-state index contributed by atoms with van der Waals surface area (Å²) < 4.78 is 45.1. The maximum absolute atomic E-state index is 13.2. The number of carbonyl (C=O) groups is 1. The molecule has 1 fully saturated rings. The number of halogens is 3. The van der Waals surface area contributed by atoms with Crippen LogP contribution in [-0.2, 0) is 17.4 Å². The third-order valence-electron chi connectivity index (χ3n) is 5.47. The Kier molecular flexibility index (Phi) is 5.76. The first kappa shape index (κ1) is 21.6. The van der Waals surface area contributed by atoms with Crippen LogP contribution >= 0.6 is 0 Å². The zero-order valence-electron chi connectivity index (χ0n) is 16.9. The van der Waals surface area contributed by atoms with Gasteiger partial charge in [-0.05, 0) is 55.2 Å². The number of pyridine rings is 1. The second-order valence-corrected chi connectivity index (χ2v) is 7.61. The smallest absolute Gasteiger partial charge is 0.421 e. The van der Waals surface area contributed by atoms with Crippen LogP contribution in [0.25, 0.3) is 10.9 Å². The highest BCUT2D eigenvalue weighted by molar-refractivity contribution is 5.87. The molecule has 2 unspecified atom stereocenters. The first-order chi connectivity index (χ1) is 15.3. The predicted octanol–water partition coefficient (Wildman–Crippen LogP) is 3.76. The zero-order chi connectivity index (χ0) is 22.9. The Balaban J connectivity index is 1.56. The van der Waals surface area contributed by atoms with Gasteiger partial charge >= 0.3 is 6.18 Å². The number of hydrogen-bond acceptors (Lipinski definition) is 5. The van der Waals surface area contributed by atoms with Crippen LogP contribution in [0.4, 0.5) is 13.2 Å². The predicted molar refractivity (Wildman–Crippen MR) is 110 cm³/mol. The number of alkyl halides is 3. The van der Waals surface area contributed by atoms with E-state index in [4.69, 9.17) is 10.5 Å². The second-order valence-electron chi connectivity index (χ2n) is 7.61. The van der Waals surface area contributed by atoms with Gasteiger partial charge in [0.05, 0.1) is 12.1 Å². The van der Waals surface area contributed by atoms with E-state index in [9.17, 15) is 23.2 Å². The fourth-order valence-electron chi connectivity index (χ4n) is 3.89. The Morgan fingerprint density at radius 2 is 2.22 bits per heavy atom. The Labute approximate surface area is 181 Å². The SMILES string of the molecule is N#CC1CCCN1C(=O)C(N)Cc1c[nH]c2ccc(Oc3ncccc3C(F)(F)F)cc12. The molecule has 3 heterocycles. The van der Waals surface area contributed by atoms with E-state index in [1.807, 2.05) is 0 Å². The van der Waals surface area contributed by atoms with Crippen molar-refractivity contribution >= 4 is 16.8 Å². The number of hydrogen-bond donors (Lipinski definition) is 2. The van der Waals surface area contributed by atoms with Gasteiger partial charge < -0.3 is 20.4 Å². The number of nitriles is 1. The first-order valence-electron chi connectivity index (χ1n) is 10.0. The minimum Gasteiger partial charge on any atom is -0.438 e.